The molecule has 0 bridgehead atoms. The molecular weight excluding hydrogens is 189 g/mol. The zero-order chi connectivity index (χ0) is 9.84. The van der Waals surface area contributed by atoms with Gasteiger partial charge >= 0.3 is 0 Å². The van der Waals surface area contributed by atoms with Crippen molar-refractivity contribution in [3.63, 3.8) is 0 Å². The highest BCUT2D eigenvalue weighted by Gasteiger charge is 2.08. The molecule has 0 spiro atoms. The maximum absolute atomic E-state index is 13.3. The number of rotatable bonds is 3. The molecule has 1 aromatic rings. The molecule has 0 amide bonds. The monoisotopic (exact) mass is 201 g/mol. The average Bonchev–Trinajstić information content (AvgIpc) is 2.13. The van der Waals surface area contributed by atoms with Gasteiger partial charge in [-0.3, -0.25) is 0 Å². The summed E-state index contributed by atoms with van der Waals surface area (Å²) in [6, 6.07) is 5.01. The van der Waals surface area contributed by atoms with Gasteiger partial charge in [0, 0.05) is 6.04 Å². The van der Waals surface area contributed by atoms with Crippen LogP contribution >= 0.6 is 11.6 Å². The van der Waals surface area contributed by atoms with E-state index in [2.05, 4.69) is 0 Å². The molecule has 0 aliphatic heterocycles. The quantitative estimate of drug-likeness (QED) is 0.800. The van der Waals surface area contributed by atoms with Crippen LogP contribution in [0.4, 0.5) is 4.39 Å². The fourth-order valence-corrected chi connectivity index (χ4v) is 1.33. The van der Waals surface area contributed by atoms with E-state index in [1.54, 1.807) is 12.1 Å². The molecule has 0 aliphatic rings. The minimum Gasteiger partial charge on any atom is -0.327 e. The number of hydrogen-bond acceptors (Lipinski definition) is 1. The highest BCUT2D eigenvalue weighted by Crippen LogP contribution is 2.18. The third-order valence-electron chi connectivity index (χ3n) is 2.04. The van der Waals surface area contributed by atoms with Crippen molar-refractivity contribution < 1.29 is 4.39 Å². The van der Waals surface area contributed by atoms with Crippen LogP contribution in [0.1, 0.15) is 18.9 Å². The van der Waals surface area contributed by atoms with Gasteiger partial charge in [0.15, 0.2) is 0 Å². The lowest BCUT2D eigenvalue weighted by atomic mass is 10.0. The highest BCUT2D eigenvalue weighted by molar-refractivity contribution is 6.30. The molecule has 0 aromatic heterocycles. The second-order valence-electron chi connectivity index (χ2n) is 3.09. The van der Waals surface area contributed by atoms with Gasteiger partial charge < -0.3 is 5.73 Å². The zero-order valence-electron chi connectivity index (χ0n) is 7.56. The predicted octanol–water partition coefficient (Wildman–Crippen LogP) is 2.76. The smallest absolute Gasteiger partial charge is 0.145 e. The van der Waals surface area contributed by atoms with E-state index in [1.807, 2.05) is 6.92 Å². The number of nitrogens with two attached hydrogens (primary N) is 1. The maximum atomic E-state index is 13.3. The minimum atomic E-state index is -0.340. The third kappa shape index (κ3) is 2.68. The molecule has 2 N–H and O–H groups in total. The van der Waals surface area contributed by atoms with Gasteiger partial charge in [-0.05, 0) is 24.5 Å². The van der Waals surface area contributed by atoms with Gasteiger partial charge in [-0.15, -0.1) is 0 Å². The third-order valence-corrected chi connectivity index (χ3v) is 2.33. The van der Waals surface area contributed by atoms with Crippen molar-refractivity contribution in [1.82, 2.24) is 0 Å². The second-order valence-corrected chi connectivity index (χ2v) is 3.49. The first kappa shape index (κ1) is 10.5. The van der Waals surface area contributed by atoms with Gasteiger partial charge in [0.1, 0.15) is 5.82 Å². The Kier molecular flexibility index (Phi) is 3.70. The minimum absolute atomic E-state index is 0.00738. The summed E-state index contributed by atoms with van der Waals surface area (Å²) in [6.07, 6.45) is 1.38. The van der Waals surface area contributed by atoms with E-state index >= 15 is 0 Å². The fourth-order valence-electron chi connectivity index (χ4n) is 1.13. The van der Waals surface area contributed by atoms with E-state index in [4.69, 9.17) is 17.3 Å². The first-order chi connectivity index (χ1) is 6.15. The SMILES string of the molecule is CCC(N)Cc1cccc(Cl)c1F. The molecule has 72 valence electrons. The van der Waals surface area contributed by atoms with Crippen LogP contribution in [0.5, 0.6) is 0 Å². The fraction of sp³-hybridized carbons (Fsp3) is 0.400. The van der Waals surface area contributed by atoms with Crippen LogP contribution in [0.15, 0.2) is 18.2 Å². The highest BCUT2D eigenvalue weighted by atomic mass is 35.5. The molecule has 0 saturated heterocycles. The summed E-state index contributed by atoms with van der Waals surface area (Å²) in [7, 11) is 0. The summed E-state index contributed by atoms with van der Waals surface area (Å²) in [6.45, 7) is 1.98. The van der Waals surface area contributed by atoms with Crippen molar-refractivity contribution in [3.05, 3.63) is 34.6 Å². The lowest BCUT2D eigenvalue weighted by Gasteiger charge is -2.09. The normalized spacial score (nSPS) is 12.9. The van der Waals surface area contributed by atoms with Crippen LogP contribution < -0.4 is 5.73 Å². The van der Waals surface area contributed by atoms with Crippen molar-refractivity contribution >= 4 is 11.6 Å². The Balaban J connectivity index is 2.83. The topological polar surface area (TPSA) is 26.0 Å². The van der Waals surface area contributed by atoms with Crippen molar-refractivity contribution in [2.75, 3.05) is 0 Å². The molecule has 13 heavy (non-hydrogen) atoms. The van der Waals surface area contributed by atoms with E-state index in [0.717, 1.165) is 6.42 Å². The van der Waals surface area contributed by atoms with Crippen molar-refractivity contribution in [3.8, 4) is 0 Å². The Morgan fingerprint density at radius 2 is 2.23 bits per heavy atom. The van der Waals surface area contributed by atoms with Crippen LogP contribution in [-0.2, 0) is 6.42 Å². The molecule has 1 aromatic carbocycles. The Morgan fingerprint density at radius 3 is 2.85 bits per heavy atom. The van der Waals surface area contributed by atoms with E-state index in [0.29, 0.717) is 12.0 Å². The van der Waals surface area contributed by atoms with E-state index < -0.39 is 0 Å². The molecule has 0 radical (unpaired) electrons. The Labute approximate surface area is 82.7 Å². The molecule has 1 rings (SSSR count). The summed E-state index contributed by atoms with van der Waals surface area (Å²) in [5.74, 6) is -0.340. The number of halogens is 2. The number of hydrogen-bond donors (Lipinski definition) is 1. The van der Waals surface area contributed by atoms with Crippen LogP contribution in [0.25, 0.3) is 0 Å². The van der Waals surface area contributed by atoms with E-state index in [1.165, 1.54) is 6.07 Å². The maximum Gasteiger partial charge on any atom is 0.145 e. The predicted molar refractivity (Wildman–Crippen MR) is 53.4 cm³/mol. The van der Waals surface area contributed by atoms with Gasteiger partial charge in [-0.25, -0.2) is 4.39 Å². The summed E-state index contributed by atoms with van der Waals surface area (Å²) < 4.78 is 13.3. The molecule has 0 saturated carbocycles. The van der Waals surface area contributed by atoms with Crippen molar-refractivity contribution in [2.24, 2.45) is 5.73 Å². The van der Waals surface area contributed by atoms with Gasteiger partial charge in [0.25, 0.3) is 0 Å². The molecule has 0 fully saturated rings. The van der Waals surface area contributed by atoms with Gasteiger partial charge in [0.05, 0.1) is 5.02 Å². The van der Waals surface area contributed by atoms with Crippen LogP contribution in [0.2, 0.25) is 5.02 Å². The molecule has 1 unspecified atom stereocenters. The van der Waals surface area contributed by atoms with Gasteiger partial charge in [0.2, 0.25) is 0 Å². The van der Waals surface area contributed by atoms with Crippen LogP contribution in [0, 0.1) is 5.82 Å². The molecular formula is C10H13ClFN. The van der Waals surface area contributed by atoms with Gasteiger partial charge in [-0.1, -0.05) is 30.7 Å². The standard InChI is InChI=1S/C10H13ClFN/c1-2-8(13)6-7-4-3-5-9(11)10(7)12/h3-5,8H,2,6,13H2,1H3. The van der Waals surface area contributed by atoms with E-state index in [9.17, 15) is 4.39 Å². The summed E-state index contributed by atoms with van der Waals surface area (Å²) in [5, 5.41) is 0.167. The Hall–Kier alpha value is -0.600. The summed E-state index contributed by atoms with van der Waals surface area (Å²) in [5.41, 5.74) is 6.31. The Morgan fingerprint density at radius 1 is 1.54 bits per heavy atom. The lowest BCUT2D eigenvalue weighted by molar-refractivity contribution is 0.579. The molecule has 1 nitrogen and oxygen atoms in total. The van der Waals surface area contributed by atoms with Gasteiger partial charge in [-0.2, -0.15) is 0 Å². The summed E-state index contributed by atoms with van der Waals surface area (Å²) >= 11 is 5.62. The molecule has 1 atom stereocenters. The second kappa shape index (κ2) is 4.58. The summed E-state index contributed by atoms with van der Waals surface area (Å²) in [4.78, 5) is 0. The number of benzene rings is 1. The first-order valence-corrected chi connectivity index (χ1v) is 4.71. The first-order valence-electron chi connectivity index (χ1n) is 4.33. The lowest BCUT2D eigenvalue weighted by Crippen LogP contribution is -2.21. The van der Waals surface area contributed by atoms with Crippen molar-refractivity contribution in [1.29, 1.82) is 0 Å². The molecule has 3 heteroatoms. The average molecular weight is 202 g/mol. The molecule has 0 aliphatic carbocycles. The largest absolute Gasteiger partial charge is 0.327 e. The zero-order valence-corrected chi connectivity index (χ0v) is 8.31. The Bertz CT molecular complexity index is 288. The van der Waals surface area contributed by atoms with Crippen LogP contribution in [0.3, 0.4) is 0 Å². The van der Waals surface area contributed by atoms with E-state index in [-0.39, 0.29) is 16.9 Å². The van der Waals surface area contributed by atoms with Crippen LogP contribution in [-0.4, -0.2) is 6.04 Å². The molecule has 0 heterocycles. The van der Waals surface area contributed by atoms with Crippen molar-refractivity contribution in [2.45, 2.75) is 25.8 Å².